The van der Waals surface area contributed by atoms with Crippen molar-refractivity contribution < 1.29 is 0 Å². The Kier molecular flexibility index (Phi) is 5.36. The average molecular weight is 296 g/mol. The van der Waals surface area contributed by atoms with Crippen LogP contribution in [0.25, 0.3) is 0 Å². The van der Waals surface area contributed by atoms with Crippen LogP contribution < -0.4 is 0 Å². The third-order valence-corrected chi connectivity index (χ3v) is 4.22. The van der Waals surface area contributed by atoms with E-state index in [0.717, 1.165) is 13.0 Å². The van der Waals surface area contributed by atoms with Crippen molar-refractivity contribution in [3.63, 3.8) is 0 Å². The summed E-state index contributed by atoms with van der Waals surface area (Å²) in [6, 6.07) is 13.5. The second-order valence-corrected chi connectivity index (χ2v) is 7.29. The molecule has 0 spiro atoms. The first-order valence-electron chi connectivity index (χ1n) is 8.05. The normalized spacial score (nSPS) is 13.4. The Hall–Kier alpha value is -1.67. The van der Waals surface area contributed by atoms with Crippen molar-refractivity contribution in [2.75, 3.05) is 7.05 Å². The van der Waals surface area contributed by atoms with Crippen LogP contribution in [0.4, 0.5) is 0 Å². The van der Waals surface area contributed by atoms with Crippen LogP contribution in [-0.4, -0.2) is 23.0 Å². The standard InChI is InChI=1S/C20H28N2/c1-16(11-17-9-7-6-8-10-17)22(5)15-18-12-19(14-21-13-18)20(2,3)4/h6-10,12-14,16H,11,15H2,1-5H3/t16-/m1/s1. The van der Waals surface area contributed by atoms with E-state index < -0.39 is 0 Å². The van der Waals surface area contributed by atoms with Gasteiger partial charge in [-0.2, -0.15) is 0 Å². The maximum atomic E-state index is 4.42. The third kappa shape index (κ3) is 4.67. The lowest BCUT2D eigenvalue weighted by Gasteiger charge is -2.26. The minimum absolute atomic E-state index is 0.150. The molecule has 22 heavy (non-hydrogen) atoms. The topological polar surface area (TPSA) is 16.1 Å². The molecule has 0 bridgehead atoms. The molecule has 0 aliphatic carbocycles. The first kappa shape index (κ1) is 16.7. The molecule has 1 aromatic carbocycles. The van der Waals surface area contributed by atoms with Gasteiger partial charge in [-0.15, -0.1) is 0 Å². The molecule has 2 aromatic rings. The minimum atomic E-state index is 0.150. The molecule has 0 unspecified atom stereocenters. The van der Waals surface area contributed by atoms with E-state index in [9.17, 15) is 0 Å². The quantitative estimate of drug-likeness (QED) is 0.811. The number of pyridine rings is 1. The smallest absolute Gasteiger partial charge is 0.0313 e. The van der Waals surface area contributed by atoms with Gasteiger partial charge in [0.25, 0.3) is 0 Å². The van der Waals surface area contributed by atoms with Gasteiger partial charge in [-0.05, 0) is 42.5 Å². The lowest BCUT2D eigenvalue weighted by atomic mass is 9.87. The van der Waals surface area contributed by atoms with Gasteiger partial charge in [0.2, 0.25) is 0 Å². The van der Waals surface area contributed by atoms with Gasteiger partial charge in [0, 0.05) is 25.0 Å². The van der Waals surface area contributed by atoms with E-state index in [0.29, 0.717) is 6.04 Å². The van der Waals surface area contributed by atoms with Crippen molar-refractivity contribution in [1.29, 1.82) is 0 Å². The number of aromatic nitrogens is 1. The van der Waals surface area contributed by atoms with Crippen molar-refractivity contribution in [1.82, 2.24) is 9.88 Å². The molecule has 0 amide bonds. The van der Waals surface area contributed by atoms with Crippen LogP contribution in [0.1, 0.15) is 44.4 Å². The Morgan fingerprint density at radius 3 is 2.36 bits per heavy atom. The molecule has 1 aromatic heterocycles. The summed E-state index contributed by atoms with van der Waals surface area (Å²) in [5.74, 6) is 0. The molecule has 0 saturated carbocycles. The van der Waals surface area contributed by atoms with Crippen molar-refractivity contribution in [3.05, 3.63) is 65.5 Å². The second-order valence-electron chi connectivity index (χ2n) is 7.29. The Balaban J connectivity index is 2.01. The number of hydrogen-bond acceptors (Lipinski definition) is 2. The molecule has 1 heterocycles. The fourth-order valence-corrected chi connectivity index (χ4v) is 2.54. The summed E-state index contributed by atoms with van der Waals surface area (Å²) in [6.45, 7) is 9.92. The molecule has 2 rings (SSSR count). The van der Waals surface area contributed by atoms with E-state index in [2.05, 4.69) is 81.0 Å². The molecule has 0 N–H and O–H groups in total. The zero-order valence-electron chi connectivity index (χ0n) is 14.5. The van der Waals surface area contributed by atoms with Crippen LogP contribution in [0.3, 0.4) is 0 Å². The molecule has 1 atom stereocenters. The zero-order valence-corrected chi connectivity index (χ0v) is 14.5. The van der Waals surface area contributed by atoms with E-state index in [1.54, 1.807) is 0 Å². The molecule has 0 aliphatic heterocycles. The summed E-state index contributed by atoms with van der Waals surface area (Å²) in [5, 5.41) is 0. The summed E-state index contributed by atoms with van der Waals surface area (Å²) >= 11 is 0. The molecule has 118 valence electrons. The molecular weight excluding hydrogens is 268 g/mol. The van der Waals surface area contributed by atoms with Crippen LogP contribution in [0.2, 0.25) is 0 Å². The van der Waals surface area contributed by atoms with E-state index >= 15 is 0 Å². The van der Waals surface area contributed by atoms with Gasteiger partial charge in [0.15, 0.2) is 0 Å². The van der Waals surface area contributed by atoms with Gasteiger partial charge < -0.3 is 0 Å². The van der Waals surface area contributed by atoms with E-state index in [1.165, 1.54) is 16.7 Å². The van der Waals surface area contributed by atoms with Crippen LogP contribution in [0.5, 0.6) is 0 Å². The Morgan fingerprint density at radius 1 is 1.05 bits per heavy atom. The highest BCUT2D eigenvalue weighted by Crippen LogP contribution is 2.22. The van der Waals surface area contributed by atoms with Gasteiger partial charge >= 0.3 is 0 Å². The highest BCUT2D eigenvalue weighted by molar-refractivity contribution is 5.24. The van der Waals surface area contributed by atoms with Gasteiger partial charge in [-0.3, -0.25) is 9.88 Å². The SMILES string of the molecule is C[C@H](Cc1ccccc1)N(C)Cc1cncc(C(C)(C)C)c1. The number of likely N-dealkylation sites (N-methyl/N-ethyl adjacent to an activating group) is 1. The highest BCUT2D eigenvalue weighted by atomic mass is 15.1. The number of nitrogens with zero attached hydrogens (tertiary/aromatic N) is 2. The fourth-order valence-electron chi connectivity index (χ4n) is 2.54. The monoisotopic (exact) mass is 296 g/mol. The summed E-state index contributed by atoms with van der Waals surface area (Å²) < 4.78 is 0. The van der Waals surface area contributed by atoms with E-state index in [1.807, 2.05) is 12.4 Å². The molecular formula is C20H28N2. The average Bonchev–Trinajstić information content (AvgIpc) is 2.47. The molecule has 0 aliphatic rings. The van der Waals surface area contributed by atoms with Crippen LogP contribution in [0.15, 0.2) is 48.8 Å². The van der Waals surface area contributed by atoms with Gasteiger partial charge in [-0.25, -0.2) is 0 Å². The van der Waals surface area contributed by atoms with Gasteiger partial charge in [-0.1, -0.05) is 57.2 Å². The minimum Gasteiger partial charge on any atom is -0.299 e. The van der Waals surface area contributed by atoms with Gasteiger partial charge in [0.1, 0.15) is 0 Å². The fraction of sp³-hybridized carbons (Fsp3) is 0.450. The van der Waals surface area contributed by atoms with Crippen molar-refractivity contribution in [2.45, 2.75) is 52.1 Å². The maximum Gasteiger partial charge on any atom is 0.0313 e. The molecule has 2 heteroatoms. The Morgan fingerprint density at radius 2 is 1.73 bits per heavy atom. The predicted octanol–water partition coefficient (Wildman–Crippen LogP) is 4.44. The first-order chi connectivity index (χ1) is 10.4. The Labute approximate surface area is 135 Å². The van der Waals surface area contributed by atoms with E-state index in [-0.39, 0.29) is 5.41 Å². The van der Waals surface area contributed by atoms with E-state index in [4.69, 9.17) is 0 Å². The Bertz CT molecular complexity index is 584. The van der Waals surface area contributed by atoms with Crippen molar-refractivity contribution >= 4 is 0 Å². The third-order valence-electron chi connectivity index (χ3n) is 4.22. The largest absolute Gasteiger partial charge is 0.299 e. The van der Waals surface area contributed by atoms with Crippen molar-refractivity contribution in [2.24, 2.45) is 0 Å². The number of rotatable bonds is 5. The second kappa shape index (κ2) is 7.06. The lowest BCUT2D eigenvalue weighted by molar-refractivity contribution is 0.247. The molecule has 2 nitrogen and oxygen atoms in total. The molecule has 0 radical (unpaired) electrons. The highest BCUT2D eigenvalue weighted by Gasteiger charge is 2.16. The number of hydrogen-bond donors (Lipinski definition) is 0. The number of benzene rings is 1. The summed E-state index contributed by atoms with van der Waals surface area (Å²) in [5.41, 5.74) is 4.13. The zero-order chi connectivity index (χ0) is 16.2. The summed E-state index contributed by atoms with van der Waals surface area (Å²) in [6.07, 6.45) is 5.04. The van der Waals surface area contributed by atoms with Gasteiger partial charge in [0.05, 0.1) is 0 Å². The maximum absolute atomic E-state index is 4.42. The summed E-state index contributed by atoms with van der Waals surface area (Å²) in [4.78, 5) is 6.82. The first-order valence-corrected chi connectivity index (χ1v) is 8.05. The molecule has 0 saturated heterocycles. The van der Waals surface area contributed by atoms with Crippen molar-refractivity contribution in [3.8, 4) is 0 Å². The van der Waals surface area contributed by atoms with Crippen LogP contribution >= 0.6 is 0 Å². The predicted molar refractivity (Wildman–Crippen MR) is 94.0 cm³/mol. The lowest BCUT2D eigenvalue weighted by Crippen LogP contribution is -2.30. The summed E-state index contributed by atoms with van der Waals surface area (Å²) in [7, 11) is 2.19. The van der Waals surface area contributed by atoms with Crippen LogP contribution in [0, 0.1) is 0 Å². The van der Waals surface area contributed by atoms with Crippen LogP contribution in [-0.2, 0) is 18.4 Å². The molecule has 0 fully saturated rings.